The van der Waals surface area contributed by atoms with Crippen molar-refractivity contribution in [2.75, 3.05) is 13.1 Å². The number of rotatable bonds is 1. The van der Waals surface area contributed by atoms with Crippen molar-refractivity contribution in [2.24, 2.45) is 0 Å². The Bertz CT molecular complexity index is 654. The number of amides is 1. The number of hydrogen-bond donors (Lipinski definition) is 2. The largest absolute Gasteiger partial charge is 0.465 e. The first kappa shape index (κ1) is 12.9. The van der Waals surface area contributed by atoms with Crippen LogP contribution in [-0.4, -0.2) is 55.0 Å². The van der Waals surface area contributed by atoms with Gasteiger partial charge in [-0.25, -0.2) is 14.3 Å². The second-order valence-electron chi connectivity index (χ2n) is 5.17. The van der Waals surface area contributed by atoms with Crippen LogP contribution in [0.15, 0.2) is 18.6 Å². The topological polar surface area (TPSA) is 91.0 Å². The van der Waals surface area contributed by atoms with E-state index < -0.39 is 12.2 Å². The van der Waals surface area contributed by atoms with Crippen LogP contribution in [-0.2, 0) is 0 Å². The SMILES string of the molecule is Cc1cc2ncnn2cc1C1CCN(C(=O)O)C[C@@H]1O. The Kier molecular flexibility index (Phi) is 3.06. The molecule has 0 spiro atoms. The Morgan fingerprint density at radius 3 is 3.00 bits per heavy atom. The van der Waals surface area contributed by atoms with Gasteiger partial charge < -0.3 is 15.1 Å². The van der Waals surface area contributed by atoms with Crippen molar-refractivity contribution in [2.45, 2.75) is 25.4 Å². The zero-order valence-electron chi connectivity index (χ0n) is 11.1. The third-order valence-corrected chi connectivity index (χ3v) is 3.92. The molecule has 2 atom stereocenters. The van der Waals surface area contributed by atoms with E-state index in [1.54, 1.807) is 4.52 Å². The molecule has 2 N–H and O–H groups in total. The van der Waals surface area contributed by atoms with Crippen LogP contribution in [0.5, 0.6) is 0 Å². The molecular weight excluding hydrogens is 260 g/mol. The monoisotopic (exact) mass is 276 g/mol. The third-order valence-electron chi connectivity index (χ3n) is 3.92. The van der Waals surface area contributed by atoms with Gasteiger partial charge in [0.2, 0.25) is 0 Å². The summed E-state index contributed by atoms with van der Waals surface area (Å²) < 4.78 is 1.68. The van der Waals surface area contributed by atoms with Crippen LogP contribution < -0.4 is 0 Å². The lowest BCUT2D eigenvalue weighted by Gasteiger charge is -2.35. The first-order valence-corrected chi connectivity index (χ1v) is 6.52. The van der Waals surface area contributed by atoms with E-state index in [0.717, 1.165) is 16.8 Å². The van der Waals surface area contributed by atoms with Crippen molar-refractivity contribution in [3.05, 3.63) is 29.7 Å². The zero-order valence-corrected chi connectivity index (χ0v) is 11.1. The average molecular weight is 276 g/mol. The van der Waals surface area contributed by atoms with Crippen LogP contribution in [0.4, 0.5) is 4.79 Å². The second-order valence-corrected chi connectivity index (χ2v) is 5.17. The molecule has 1 unspecified atom stereocenters. The van der Waals surface area contributed by atoms with Gasteiger partial charge in [-0.3, -0.25) is 0 Å². The molecule has 1 amide bonds. The number of aryl methyl sites for hydroxylation is 1. The highest BCUT2D eigenvalue weighted by molar-refractivity contribution is 5.65. The molecule has 3 rings (SSSR count). The number of hydrogen-bond acceptors (Lipinski definition) is 4. The predicted molar refractivity (Wildman–Crippen MR) is 70.7 cm³/mol. The van der Waals surface area contributed by atoms with E-state index in [4.69, 9.17) is 5.11 Å². The Hall–Kier alpha value is -2.15. The molecular formula is C13H16N4O3. The second kappa shape index (κ2) is 4.75. The quantitative estimate of drug-likeness (QED) is 0.806. The van der Waals surface area contributed by atoms with Crippen molar-refractivity contribution < 1.29 is 15.0 Å². The van der Waals surface area contributed by atoms with E-state index in [0.29, 0.717) is 13.0 Å². The van der Waals surface area contributed by atoms with E-state index in [9.17, 15) is 9.90 Å². The maximum absolute atomic E-state index is 10.9. The molecule has 1 saturated heterocycles. The number of carboxylic acid groups (broad SMARTS) is 1. The van der Waals surface area contributed by atoms with E-state index in [2.05, 4.69) is 10.1 Å². The lowest BCUT2D eigenvalue weighted by atomic mass is 9.86. The number of likely N-dealkylation sites (tertiary alicyclic amines) is 1. The summed E-state index contributed by atoms with van der Waals surface area (Å²) in [6.45, 7) is 2.56. The van der Waals surface area contributed by atoms with Crippen LogP contribution in [0.2, 0.25) is 0 Å². The van der Waals surface area contributed by atoms with Crippen molar-refractivity contribution in [3.63, 3.8) is 0 Å². The van der Waals surface area contributed by atoms with Crippen LogP contribution in [0.3, 0.4) is 0 Å². The van der Waals surface area contributed by atoms with Gasteiger partial charge in [-0.15, -0.1) is 0 Å². The van der Waals surface area contributed by atoms with E-state index in [1.807, 2.05) is 19.2 Å². The minimum absolute atomic E-state index is 0.0702. The lowest BCUT2D eigenvalue weighted by Crippen LogP contribution is -2.45. The van der Waals surface area contributed by atoms with Gasteiger partial charge in [-0.05, 0) is 30.5 Å². The van der Waals surface area contributed by atoms with Gasteiger partial charge in [0.25, 0.3) is 0 Å². The molecule has 2 aromatic heterocycles. The molecule has 7 heteroatoms. The summed E-state index contributed by atoms with van der Waals surface area (Å²) in [6.07, 6.45) is 2.30. The Labute approximate surface area is 115 Å². The van der Waals surface area contributed by atoms with Gasteiger partial charge in [0.15, 0.2) is 5.65 Å². The molecule has 0 aromatic carbocycles. The fourth-order valence-electron chi connectivity index (χ4n) is 2.83. The highest BCUT2D eigenvalue weighted by Gasteiger charge is 2.32. The summed E-state index contributed by atoms with van der Waals surface area (Å²) in [5.41, 5.74) is 2.81. The van der Waals surface area contributed by atoms with E-state index >= 15 is 0 Å². The van der Waals surface area contributed by atoms with Crippen LogP contribution in [0, 0.1) is 6.92 Å². The van der Waals surface area contributed by atoms with Gasteiger partial charge in [0.1, 0.15) is 6.33 Å². The number of pyridine rings is 1. The Morgan fingerprint density at radius 1 is 1.50 bits per heavy atom. The minimum atomic E-state index is -0.981. The van der Waals surface area contributed by atoms with Gasteiger partial charge >= 0.3 is 6.09 Å². The highest BCUT2D eigenvalue weighted by atomic mass is 16.4. The molecule has 0 saturated carbocycles. The third kappa shape index (κ3) is 2.09. The smallest absolute Gasteiger partial charge is 0.407 e. The number of aliphatic hydroxyl groups excluding tert-OH is 1. The number of nitrogens with zero attached hydrogens (tertiary/aromatic N) is 4. The number of carbonyl (C=O) groups is 1. The summed E-state index contributed by atoms with van der Waals surface area (Å²) in [5.74, 6) is -0.0702. The fourth-order valence-corrected chi connectivity index (χ4v) is 2.83. The maximum Gasteiger partial charge on any atom is 0.407 e. The molecule has 0 radical (unpaired) electrons. The molecule has 2 aromatic rings. The molecule has 3 heterocycles. The van der Waals surface area contributed by atoms with Crippen molar-refractivity contribution >= 4 is 11.7 Å². The van der Waals surface area contributed by atoms with E-state index in [1.165, 1.54) is 11.2 Å². The first-order valence-electron chi connectivity index (χ1n) is 6.52. The fraction of sp³-hybridized carbons (Fsp3) is 0.462. The molecule has 1 fully saturated rings. The highest BCUT2D eigenvalue weighted by Crippen LogP contribution is 2.30. The zero-order chi connectivity index (χ0) is 14.3. The van der Waals surface area contributed by atoms with Gasteiger partial charge in [0.05, 0.1) is 12.6 Å². The normalized spacial score (nSPS) is 23.2. The maximum atomic E-state index is 10.9. The number of aliphatic hydroxyl groups is 1. The van der Waals surface area contributed by atoms with Crippen LogP contribution >= 0.6 is 0 Å². The standard InChI is InChI=1S/C13H16N4O3/c1-8-4-12-14-7-15-17(12)5-10(8)9-2-3-16(13(19)20)6-11(9)18/h4-5,7,9,11,18H,2-3,6H2,1H3,(H,19,20)/t9?,11-/m0/s1. The Morgan fingerprint density at radius 2 is 2.30 bits per heavy atom. The molecule has 1 aliphatic heterocycles. The molecule has 0 aliphatic carbocycles. The molecule has 1 aliphatic rings. The predicted octanol–water partition coefficient (Wildman–Crippen LogP) is 0.866. The summed E-state index contributed by atoms with van der Waals surface area (Å²) in [7, 11) is 0. The molecule has 7 nitrogen and oxygen atoms in total. The summed E-state index contributed by atoms with van der Waals surface area (Å²) >= 11 is 0. The molecule has 106 valence electrons. The van der Waals surface area contributed by atoms with Crippen LogP contribution in [0.1, 0.15) is 23.5 Å². The number of piperidine rings is 1. The first-order chi connectivity index (χ1) is 9.56. The van der Waals surface area contributed by atoms with Gasteiger partial charge in [0, 0.05) is 18.7 Å². The van der Waals surface area contributed by atoms with Crippen molar-refractivity contribution in [3.8, 4) is 0 Å². The Balaban J connectivity index is 1.91. The van der Waals surface area contributed by atoms with Gasteiger partial charge in [-0.2, -0.15) is 5.10 Å². The lowest BCUT2D eigenvalue weighted by molar-refractivity contribution is 0.0501. The van der Waals surface area contributed by atoms with Crippen molar-refractivity contribution in [1.82, 2.24) is 19.5 Å². The molecule has 0 bridgehead atoms. The van der Waals surface area contributed by atoms with Crippen LogP contribution in [0.25, 0.3) is 5.65 Å². The van der Waals surface area contributed by atoms with Crippen molar-refractivity contribution in [1.29, 1.82) is 0 Å². The summed E-state index contributed by atoms with van der Waals surface area (Å²) in [6, 6.07) is 1.93. The molecule has 20 heavy (non-hydrogen) atoms. The summed E-state index contributed by atoms with van der Waals surface area (Å²) in [4.78, 5) is 16.3. The van der Waals surface area contributed by atoms with Gasteiger partial charge in [-0.1, -0.05) is 0 Å². The number of β-amino-alcohol motifs (C(OH)–C–C–N with tert-alkyl or cyclic N) is 1. The minimum Gasteiger partial charge on any atom is -0.465 e. The van der Waals surface area contributed by atoms with E-state index in [-0.39, 0.29) is 12.5 Å². The number of aromatic nitrogens is 3. The number of fused-ring (bicyclic) bond motifs is 1. The average Bonchev–Trinajstić information content (AvgIpc) is 2.84. The summed E-state index contributed by atoms with van der Waals surface area (Å²) in [5, 5.41) is 23.3.